The third-order valence-corrected chi connectivity index (χ3v) is 7.15. The number of hydrogen-bond donors (Lipinski definition) is 2. The number of carbonyl (C=O) groups is 2. The van der Waals surface area contributed by atoms with E-state index in [9.17, 15) is 14.7 Å². The predicted octanol–water partition coefficient (Wildman–Crippen LogP) is 2.53. The van der Waals surface area contributed by atoms with E-state index in [2.05, 4.69) is 16.0 Å². The molecule has 1 spiro atoms. The highest BCUT2D eigenvalue weighted by molar-refractivity contribution is 5.89. The van der Waals surface area contributed by atoms with Crippen molar-refractivity contribution in [2.75, 3.05) is 33.4 Å². The molecule has 1 fully saturated rings. The van der Waals surface area contributed by atoms with Crippen LogP contribution in [0, 0.1) is 0 Å². The molecule has 3 amide bonds. The van der Waals surface area contributed by atoms with Gasteiger partial charge in [-0.1, -0.05) is 0 Å². The number of benzene rings is 1. The van der Waals surface area contributed by atoms with Crippen molar-refractivity contribution in [2.24, 2.45) is 7.05 Å². The van der Waals surface area contributed by atoms with Gasteiger partial charge in [-0.15, -0.1) is 0 Å². The highest BCUT2D eigenvalue weighted by Crippen LogP contribution is 2.50. The first-order valence-electron chi connectivity index (χ1n) is 11.3. The molecule has 0 saturated carbocycles. The summed E-state index contributed by atoms with van der Waals surface area (Å²) in [7, 11) is 3.64. The molecule has 1 aromatic carbocycles. The van der Waals surface area contributed by atoms with Crippen molar-refractivity contribution in [3.63, 3.8) is 0 Å². The van der Waals surface area contributed by atoms with E-state index < -0.39 is 6.04 Å². The monoisotopic (exact) mass is 442 g/mol. The first kappa shape index (κ1) is 22.5. The fraction of sp³-hybridized carbons (Fsp3) is 0.583. The Morgan fingerprint density at radius 1 is 1.28 bits per heavy atom. The Balaban J connectivity index is 1.82. The van der Waals surface area contributed by atoms with Crippen LogP contribution in [0.3, 0.4) is 0 Å². The summed E-state index contributed by atoms with van der Waals surface area (Å²) in [5.74, 6) is 0.727. The fourth-order valence-electron chi connectivity index (χ4n) is 5.57. The van der Waals surface area contributed by atoms with Crippen molar-refractivity contribution in [1.82, 2.24) is 19.7 Å². The lowest BCUT2D eigenvalue weighted by molar-refractivity contribution is -0.135. The molecule has 1 saturated heterocycles. The molecular formula is C24H34N4O4. The molecule has 174 valence electrons. The largest absolute Gasteiger partial charge is 0.497 e. The molecule has 32 heavy (non-hydrogen) atoms. The van der Waals surface area contributed by atoms with Crippen LogP contribution in [0.4, 0.5) is 4.79 Å². The van der Waals surface area contributed by atoms with Crippen LogP contribution in [0.1, 0.15) is 50.9 Å². The number of likely N-dealkylation sites (tertiary alicyclic amines) is 1. The lowest BCUT2D eigenvalue weighted by atomic mass is 9.68. The van der Waals surface area contributed by atoms with Gasteiger partial charge >= 0.3 is 6.03 Å². The van der Waals surface area contributed by atoms with Gasteiger partial charge in [0.05, 0.1) is 25.3 Å². The zero-order valence-electron chi connectivity index (χ0n) is 19.6. The summed E-state index contributed by atoms with van der Waals surface area (Å²) in [6.07, 6.45) is 1.52. The number of urea groups is 1. The van der Waals surface area contributed by atoms with Gasteiger partial charge in [0, 0.05) is 62.2 Å². The number of aromatic nitrogens is 1. The van der Waals surface area contributed by atoms with Crippen LogP contribution in [0.2, 0.25) is 0 Å². The number of amides is 3. The number of nitrogens with zero attached hydrogens (tertiary/aromatic N) is 3. The summed E-state index contributed by atoms with van der Waals surface area (Å²) >= 11 is 0. The highest BCUT2D eigenvalue weighted by Gasteiger charge is 2.49. The van der Waals surface area contributed by atoms with E-state index in [0.717, 1.165) is 35.2 Å². The van der Waals surface area contributed by atoms with Crippen molar-refractivity contribution in [1.29, 1.82) is 0 Å². The second-order valence-electron chi connectivity index (χ2n) is 9.42. The van der Waals surface area contributed by atoms with Crippen LogP contribution in [0.15, 0.2) is 18.2 Å². The van der Waals surface area contributed by atoms with Gasteiger partial charge < -0.3 is 29.5 Å². The van der Waals surface area contributed by atoms with Crippen LogP contribution in [0.25, 0.3) is 10.9 Å². The van der Waals surface area contributed by atoms with Gasteiger partial charge in [-0.3, -0.25) is 4.79 Å². The van der Waals surface area contributed by atoms with Gasteiger partial charge in [-0.25, -0.2) is 4.79 Å². The summed E-state index contributed by atoms with van der Waals surface area (Å²) in [6, 6.07) is 5.73. The molecule has 0 aliphatic carbocycles. The number of nitrogens with one attached hydrogen (secondary N) is 1. The van der Waals surface area contributed by atoms with Gasteiger partial charge in [0.1, 0.15) is 5.75 Å². The van der Waals surface area contributed by atoms with E-state index >= 15 is 0 Å². The minimum Gasteiger partial charge on any atom is -0.497 e. The van der Waals surface area contributed by atoms with E-state index in [1.54, 1.807) is 14.0 Å². The van der Waals surface area contributed by atoms with Crippen LogP contribution < -0.4 is 10.1 Å². The predicted molar refractivity (Wildman–Crippen MR) is 123 cm³/mol. The van der Waals surface area contributed by atoms with Crippen molar-refractivity contribution < 1.29 is 19.4 Å². The molecule has 2 aliphatic rings. The number of ether oxygens (including phenoxy) is 1. The zero-order valence-corrected chi connectivity index (χ0v) is 19.6. The maximum Gasteiger partial charge on any atom is 0.317 e. The number of fused-ring (bicyclic) bond motifs is 4. The van der Waals surface area contributed by atoms with E-state index in [0.29, 0.717) is 19.6 Å². The van der Waals surface area contributed by atoms with Crippen molar-refractivity contribution in [3.8, 4) is 5.75 Å². The number of aliphatic hydroxyl groups is 1. The maximum absolute atomic E-state index is 12.6. The lowest BCUT2D eigenvalue weighted by Crippen LogP contribution is -2.57. The minimum atomic E-state index is -0.390. The molecule has 2 aliphatic heterocycles. The Kier molecular flexibility index (Phi) is 5.83. The Bertz CT molecular complexity index is 1040. The quantitative estimate of drug-likeness (QED) is 0.765. The van der Waals surface area contributed by atoms with Gasteiger partial charge in [0.25, 0.3) is 0 Å². The number of carbonyl (C=O) groups excluding carboxylic acids is 2. The number of rotatable bonds is 3. The molecule has 0 radical (unpaired) electrons. The zero-order chi connectivity index (χ0) is 23.2. The molecule has 0 bridgehead atoms. The molecule has 1 atom stereocenters. The number of hydrogen-bond acceptors (Lipinski definition) is 4. The molecule has 2 aromatic rings. The Hall–Kier alpha value is -2.74. The summed E-state index contributed by atoms with van der Waals surface area (Å²) in [4.78, 5) is 28.9. The van der Waals surface area contributed by atoms with Crippen LogP contribution in [-0.4, -0.2) is 70.8 Å². The second kappa shape index (κ2) is 8.31. The van der Waals surface area contributed by atoms with Crippen LogP contribution in [0.5, 0.6) is 5.75 Å². The lowest BCUT2D eigenvalue weighted by Gasteiger charge is -2.50. The molecule has 8 heteroatoms. The second-order valence-corrected chi connectivity index (χ2v) is 9.42. The topological polar surface area (TPSA) is 87.0 Å². The molecule has 2 N–H and O–H groups in total. The third kappa shape index (κ3) is 3.50. The third-order valence-electron chi connectivity index (χ3n) is 7.15. The summed E-state index contributed by atoms with van der Waals surface area (Å²) in [6.45, 7) is 7.15. The molecular weight excluding hydrogens is 408 g/mol. The average Bonchev–Trinajstić information content (AvgIpc) is 3.06. The normalized spacial score (nSPS) is 20.0. The van der Waals surface area contributed by atoms with E-state index in [4.69, 9.17) is 4.74 Å². The van der Waals surface area contributed by atoms with Gasteiger partial charge in [-0.05, 0) is 44.4 Å². The Labute approximate surface area is 189 Å². The number of aliphatic hydroxyl groups excluding tert-OH is 1. The van der Waals surface area contributed by atoms with E-state index in [1.165, 1.54) is 5.56 Å². The fourth-order valence-corrected chi connectivity index (χ4v) is 5.57. The molecule has 4 rings (SSSR count). The van der Waals surface area contributed by atoms with E-state index in [-0.39, 0.29) is 30.0 Å². The first-order valence-corrected chi connectivity index (χ1v) is 11.3. The summed E-state index contributed by atoms with van der Waals surface area (Å²) < 4.78 is 7.55. The highest BCUT2D eigenvalue weighted by atomic mass is 16.5. The average molecular weight is 443 g/mol. The standard InChI is InChI=1S/C24H34N4O4/c1-15(2)25-23(31)27-10-8-24(9-11-27)14-28(16(3)30)20(13-29)22-21(24)18-7-6-17(32-5)12-19(18)26(22)4/h6-7,12,15,20,29H,8-11,13-14H2,1-5H3,(H,25,31)/t20-/m0/s1. The maximum atomic E-state index is 12.6. The van der Waals surface area contributed by atoms with Crippen molar-refractivity contribution in [3.05, 3.63) is 29.5 Å². The Morgan fingerprint density at radius 3 is 2.53 bits per heavy atom. The van der Waals surface area contributed by atoms with Gasteiger partial charge in [0.2, 0.25) is 5.91 Å². The SMILES string of the molecule is COc1ccc2c3c(n(C)c2c1)[C@H](CO)N(C(C)=O)CC31CCN(C(=O)NC(C)C)CC1. The number of piperidine rings is 1. The smallest absolute Gasteiger partial charge is 0.317 e. The summed E-state index contributed by atoms with van der Waals surface area (Å²) in [5, 5.41) is 14.4. The van der Waals surface area contributed by atoms with Crippen LogP contribution >= 0.6 is 0 Å². The minimum absolute atomic E-state index is 0.0369. The number of aryl methyl sites for hydroxylation is 1. The van der Waals surface area contributed by atoms with Crippen LogP contribution in [-0.2, 0) is 17.3 Å². The summed E-state index contributed by atoms with van der Waals surface area (Å²) in [5.41, 5.74) is 2.95. The number of methoxy groups -OCH3 is 1. The Morgan fingerprint density at radius 2 is 1.97 bits per heavy atom. The van der Waals surface area contributed by atoms with Gasteiger partial charge in [0.15, 0.2) is 0 Å². The van der Waals surface area contributed by atoms with Crippen molar-refractivity contribution >= 4 is 22.8 Å². The van der Waals surface area contributed by atoms with Crippen molar-refractivity contribution in [2.45, 2.75) is 51.1 Å². The molecule has 1 aromatic heterocycles. The van der Waals surface area contributed by atoms with E-state index in [1.807, 2.05) is 42.8 Å². The molecule has 3 heterocycles. The van der Waals surface area contributed by atoms with Gasteiger partial charge in [-0.2, -0.15) is 0 Å². The molecule has 0 unspecified atom stereocenters. The first-order chi connectivity index (χ1) is 15.2. The molecule has 8 nitrogen and oxygen atoms in total.